The highest BCUT2D eigenvalue weighted by Crippen LogP contribution is 2.33. The van der Waals surface area contributed by atoms with Gasteiger partial charge in [0.2, 0.25) is 0 Å². The lowest BCUT2D eigenvalue weighted by atomic mass is 10.1. The topological polar surface area (TPSA) is 27.1 Å². The first-order valence-electron chi connectivity index (χ1n) is 5.23. The minimum Gasteiger partial charge on any atom is -0.493 e. The van der Waals surface area contributed by atoms with Crippen LogP contribution in [0.1, 0.15) is 11.1 Å². The van der Waals surface area contributed by atoms with Crippen molar-refractivity contribution in [3.63, 3.8) is 0 Å². The van der Waals surface area contributed by atoms with Crippen molar-refractivity contribution < 1.29 is 4.74 Å². The first-order chi connectivity index (χ1) is 7.83. The number of nitrogens with zero attached hydrogens (tertiary/aromatic N) is 2. The number of halogens is 1. The predicted octanol–water partition coefficient (Wildman–Crippen LogP) is 2.63. The van der Waals surface area contributed by atoms with Crippen LogP contribution in [0.15, 0.2) is 35.3 Å². The van der Waals surface area contributed by atoms with Crippen molar-refractivity contribution in [3.05, 3.63) is 46.5 Å². The lowest BCUT2D eigenvalue weighted by molar-refractivity contribution is 0.352. The zero-order chi connectivity index (χ0) is 11.0. The van der Waals surface area contributed by atoms with Crippen LogP contribution in [0.2, 0.25) is 0 Å². The number of fused-ring (bicyclic) bond motifs is 1. The van der Waals surface area contributed by atoms with E-state index in [4.69, 9.17) is 4.74 Å². The van der Waals surface area contributed by atoms with Gasteiger partial charge in [0.25, 0.3) is 0 Å². The van der Waals surface area contributed by atoms with Crippen LogP contribution in [0, 0.1) is 0 Å². The molecule has 2 heterocycles. The highest BCUT2D eigenvalue weighted by Gasteiger charge is 2.17. The fourth-order valence-corrected chi connectivity index (χ4v) is 2.59. The Morgan fingerprint density at radius 2 is 2.38 bits per heavy atom. The fraction of sp³-hybridized carbons (Fsp3) is 0.250. The van der Waals surface area contributed by atoms with E-state index in [9.17, 15) is 0 Å². The highest BCUT2D eigenvalue weighted by atomic mass is 79.9. The molecule has 1 aliphatic rings. The quantitative estimate of drug-likeness (QED) is 0.845. The molecule has 16 heavy (non-hydrogen) atoms. The van der Waals surface area contributed by atoms with E-state index in [0.717, 1.165) is 29.8 Å². The second kappa shape index (κ2) is 3.94. The van der Waals surface area contributed by atoms with Gasteiger partial charge in [-0.05, 0) is 17.7 Å². The summed E-state index contributed by atoms with van der Waals surface area (Å²) in [5, 5.41) is 0. The molecule has 82 valence electrons. The van der Waals surface area contributed by atoms with Gasteiger partial charge >= 0.3 is 0 Å². The van der Waals surface area contributed by atoms with Gasteiger partial charge < -0.3 is 9.30 Å². The van der Waals surface area contributed by atoms with Crippen molar-refractivity contribution in [2.45, 2.75) is 13.0 Å². The Labute approximate surface area is 102 Å². The molecule has 4 heteroatoms. The Morgan fingerprint density at radius 3 is 3.19 bits per heavy atom. The van der Waals surface area contributed by atoms with Gasteiger partial charge in [-0.1, -0.05) is 15.9 Å². The van der Waals surface area contributed by atoms with E-state index in [1.807, 2.05) is 17.1 Å². The summed E-state index contributed by atoms with van der Waals surface area (Å²) in [5.41, 5.74) is 2.50. The number of imidazole rings is 1. The Balaban J connectivity index is 2.00. The lowest BCUT2D eigenvalue weighted by Crippen LogP contribution is -1.99. The molecule has 0 N–H and O–H groups in total. The molecule has 0 aliphatic carbocycles. The van der Waals surface area contributed by atoms with E-state index in [2.05, 4.69) is 33.0 Å². The SMILES string of the molecule is Brc1cc2c(c(Cn3ccnc3)c1)OCC2. The molecule has 0 saturated carbocycles. The number of aromatic nitrogens is 2. The van der Waals surface area contributed by atoms with Gasteiger partial charge in [0.05, 0.1) is 19.5 Å². The maximum absolute atomic E-state index is 5.68. The van der Waals surface area contributed by atoms with E-state index in [-0.39, 0.29) is 0 Å². The van der Waals surface area contributed by atoms with Crippen LogP contribution in [0.4, 0.5) is 0 Å². The number of rotatable bonds is 2. The lowest BCUT2D eigenvalue weighted by Gasteiger charge is -2.09. The van der Waals surface area contributed by atoms with Crippen molar-refractivity contribution in [2.24, 2.45) is 0 Å². The van der Waals surface area contributed by atoms with Crippen molar-refractivity contribution in [1.29, 1.82) is 0 Å². The van der Waals surface area contributed by atoms with E-state index < -0.39 is 0 Å². The molecule has 1 aliphatic heterocycles. The monoisotopic (exact) mass is 278 g/mol. The molecule has 0 spiro atoms. The van der Waals surface area contributed by atoms with Crippen LogP contribution in [-0.2, 0) is 13.0 Å². The third kappa shape index (κ3) is 1.73. The molecular weight excluding hydrogens is 268 g/mol. The molecule has 3 rings (SSSR count). The van der Waals surface area contributed by atoms with Gasteiger partial charge in [-0.3, -0.25) is 0 Å². The number of benzene rings is 1. The second-order valence-corrected chi connectivity index (χ2v) is 4.80. The molecule has 3 nitrogen and oxygen atoms in total. The van der Waals surface area contributed by atoms with Crippen LogP contribution in [0.3, 0.4) is 0 Å². The van der Waals surface area contributed by atoms with Crippen molar-refractivity contribution in [1.82, 2.24) is 9.55 Å². The minimum absolute atomic E-state index is 0.794. The van der Waals surface area contributed by atoms with Gasteiger partial charge in [0.15, 0.2) is 0 Å². The first-order valence-corrected chi connectivity index (χ1v) is 6.02. The third-order valence-electron chi connectivity index (χ3n) is 2.74. The van der Waals surface area contributed by atoms with Crippen molar-refractivity contribution >= 4 is 15.9 Å². The van der Waals surface area contributed by atoms with Crippen LogP contribution >= 0.6 is 15.9 Å². The van der Waals surface area contributed by atoms with Crippen LogP contribution in [-0.4, -0.2) is 16.2 Å². The summed E-state index contributed by atoms with van der Waals surface area (Å²) in [6.07, 6.45) is 6.58. The van der Waals surface area contributed by atoms with Gasteiger partial charge in [-0.25, -0.2) is 4.98 Å². The molecule has 0 fully saturated rings. The Kier molecular flexibility index (Phi) is 2.44. The summed E-state index contributed by atoms with van der Waals surface area (Å²) in [6.45, 7) is 1.60. The van der Waals surface area contributed by atoms with Gasteiger partial charge in [-0.2, -0.15) is 0 Å². The third-order valence-corrected chi connectivity index (χ3v) is 3.20. The fourth-order valence-electron chi connectivity index (χ4n) is 2.04. The smallest absolute Gasteiger partial charge is 0.127 e. The standard InChI is InChI=1S/C12H11BrN2O/c13-11-5-9-1-4-16-12(9)10(6-11)7-15-3-2-14-8-15/h2-3,5-6,8H,1,4,7H2. The normalized spacial score (nSPS) is 13.6. The van der Waals surface area contributed by atoms with E-state index >= 15 is 0 Å². The largest absolute Gasteiger partial charge is 0.493 e. The zero-order valence-electron chi connectivity index (χ0n) is 8.69. The summed E-state index contributed by atoms with van der Waals surface area (Å²) < 4.78 is 8.84. The van der Waals surface area contributed by atoms with E-state index in [1.165, 1.54) is 11.1 Å². The molecule has 0 atom stereocenters. The summed E-state index contributed by atoms with van der Waals surface area (Å²) in [6, 6.07) is 4.25. The number of hydrogen-bond acceptors (Lipinski definition) is 2. The van der Waals surface area contributed by atoms with Crippen LogP contribution < -0.4 is 4.74 Å². The minimum atomic E-state index is 0.794. The highest BCUT2D eigenvalue weighted by molar-refractivity contribution is 9.10. The van der Waals surface area contributed by atoms with Crippen LogP contribution in [0.5, 0.6) is 5.75 Å². The second-order valence-electron chi connectivity index (χ2n) is 3.89. The Hall–Kier alpha value is -1.29. The van der Waals surface area contributed by atoms with Gasteiger partial charge in [0, 0.05) is 28.9 Å². The molecular formula is C12H11BrN2O. The molecule has 1 aromatic carbocycles. The average molecular weight is 279 g/mol. The molecule has 2 aromatic rings. The Morgan fingerprint density at radius 1 is 1.44 bits per heavy atom. The number of hydrogen-bond donors (Lipinski definition) is 0. The zero-order valence-corrected chi connectivity index (χ0v) is 10.3. The molecule has 0 radical (unpaired) electrons. The van der Waals surface area contributed by atoms with Gasteiger partial charge in [-0.15, -0.1) is 0 Å². The molecule has 0 bridgehead atoms. The van der Waals surface area contributed by atoms with Crippen molar-refractivity contribution in [2.75, 3.05) is 6.61 Å². The molecule has 0 unspecified atom stereocenters. The van der Waals surface area contributed by atoms with Crippen molar-refractivity contribution in [3.8, 4) is 5.75 Å². The van der Waals surface area contributed by atoms with E-state index in [0.29, 0.717) is 0 Å². The van der Waals surface area contributed by atoms with E-state index in [1.54, 1.807) is 6.20 Å². The summed E-state index contributed by atoms with van der Waals surface area (Å²) in [7, 11) is 0. The molecule has 1 aromatic heterocycles. The summed E-state index contributed by atoms with van der Waals surface area (Å²) in [4.78, 5) is 4.04. The molecule has 0 saturated heterocycles. The summed E-state index contributed by atoms with van der Waals surface area (Å²) >= 11 is 3.54. The summed E-state index contributed by atoms with van der Waals surface area (Å²) in [5.74, 6) is 1.05. The average Bonchev–Trinajstić information content (AvgIpc) is 2.87. The molecule has 0 amide bonds. The maximum atomic E-state index is 5.68. The maximum Gasteiger partial charge on any atom is 0.127 e. The predicted molar refractivity (Wildman–Crippen MR) is 64.7 cm³/mol. The van der Waals surface area contributed by atoms with Gasteiger partial charge in [0.1, 0.15) is 5.75 Å². The Bertz CT molecular complexity index is 508. The number of ether oxygens (including phenoxy) is 1. The van der Waals surface area contributed by atoms with Crippen LogP contribution in [0.25, 0.3) is 0 Å². The first kappa shape index (κ1) is 9.90.